The number of benzene rings is 2. The Morgan fingerprint density at radius 1 is 0.938 bits per heavy atom. The van der Waals surface area contributed by atoms with E-state index < -0.39 is 0 Å². The maximum Gasteiger partial charge on any atom is 0.165 e. The molecule has 2 aromatic heterocycles. The van der Waals surface area contributed by atoms with Crippen LogP contribution >= 0.6 is 0 Å². The highest BCUT2D eigenvalue weighted by Crippen LogP contribution is 2.33. The molecule has 4 aromatic rings. The summed E-state index contributed by atoms with van der Waals surface area (Å²) < 4.78 is 12.8. The average Bonchev–Trinajstić information content (AvgIpc) is 3.21. The SMILES string of the molecule is COc1cccc(CNCc2ccc(-c3nn(C)cc3-c3ccncc3C)cc2)c1OC. The molecule has 6 nitrogen and oxygen atoms in total. The van der Waals surface area contributed by atoms with E-state index in [0.29, 0.717) is 6.54 Å². The lowest BCUT2D eigenvalue weighted by molar-refractivity contribution is 0.350. The summed E-state index contributed by atoms with van der Waals surface area (Å²) in [5.41, 5.74) is 7.74. The monoisotopic (exact) mass is 428 g/mol. The van der Waals surface area contributed by atoms with Crippen LogP contribution in [0, 0.1) is 6.92 Å². The topological polar surface area (TPSA) is 61.2 Å². The summed E-state index contributed by atoms with van der Waals surface area (Å²) in [7, 11) is 5.27. The van der Waals surface area contributed by atoms with E-state index in [1.54, 1.807) is 14.2 Å². The van der Waals surface area contributed by atoms with Gasteiger partial charge >= 0.3 is 0 Å². The molecule has 6 heteroatoms. The molecule has 0 aliphatic heterocycles. The molecule has 164 valence electrons. The Labute approximate surface area is 188 Å². The van der Waals surface area contributed by atoms with Crippen molar-refractivity contribution in [1.82, 2.24) is 20.1 Å². The van der Waals surface area contributed by atoms with Crippen LogP contribution in [0.5, 0.6) is 11.5 Å². The molecule has 0 aliphatic rings. The van der Waals surface area contributed by atoms with E-state index in [4.69, 9.17) is 14.6 Å². The number of aromatic nitrogens is 3. The number of aryl methyl sites for hydroxylation is 2. The molecule has 0 fully saturated rings. The van der Waals surface area contributed by atoms with Crippen LogP contribution in [-0.4, -0.2) is 29.0 Å². The van der Waals surface area contributed by atoms with E-state index in [2.05, 4.69) is 47.7 Å². The number of nitrogens with one attached hydrogen (secondary N) is 1. The molecule has 0 saturated carbocycles. The second kappa shape index (κ2) is 9.66. The molecule has 0 radical (unpaired) electrons. The minimum absolute atomic E-state index is 0.688. The minimum atomic E-state index is 0.688. The Kier molecular flexibility index (Phi) is 6.52. The smallest absolute Gasteiger partial charge is 0.165 e. The third-order valence-corrected chi connectivity index (χ3v) is 5.50. The first-order chi connectivity index (χ1) is 15.6. The van der Waals surface area contributed by atoms with Gasteiger partial charge in [0.15, 0.2) is 11.5 Å². The fourth-order valence-corrected chi connectivity index (χ4v) is 3.89. The van der Waals surface area contributed by atoms with Gasteiger partial charge in [-0.15, -0.1) is 0 Å². The lowest BCUT2D eigenvalue weighted by Crippen LogP contribution is -2.13. The van der Waals surface area contributed by atoms with E-state index in [-0.39, 0.29) is 0 Å². The van der Waals surface area contributed by atoms with Crippen molar-refractivity contribution in [1.29, 1.82) is 0 Å². The first-order valence-corrected chi connectivity index (χ1v) is 10.5. The van der Waals surface area contributed by atoms with Crippen LogP contribution in [0.4, 0.5) is 0 Å². The molecule has 0 aliphatic carbocycles. The second-order valence-electron chi connectivity index (χ2n) is 7.71. The number of para-hydroxylation sites is 1. The average molecular weight is 429 g/mol. The van der Waals surface area contributed by atoms with Gasteiger partial charge in [-0.05, 0) is 35.7 Å². The fraction of sp³-hybridized carbons (Fsp3) is 0.231. The standard InChI is InChI=1S/C26H28N4O2/c1-18-14-27-13-12-22(18)23-17-30(2)29-25(23)20-10-8-19(9-11-20)15-28-16-21-6-5-7-24(31-3)26(21)32-4/h5-14,17,28H,15-16H2,1-4H3. The molecule has 1 N–H and O–H groups in total. The highest BCUT2D eigenvalue weighted by atomic mass is 16.5. The van der Waals surface area contributed by atoms with Crippen molar-refractivity contribution in [2.75, 3.05) is 14.2 Å². The van der Waals surface area contributed by atoms with Gasteiger partial charge in [0.25, 0.3) is 0 Å². The summed E-state index contributed by atoms with van der Waals surface area (Å²) >= 11 is 0. The van der Waals surface area contributed by atoms with E-state index in [1.807, 2.05) is 48.4 Å². The summed E-state index contributed by atoms with van der Waals surface area (Å²) in [5, 5.41) is 8.21. The van der Waals surface area contributed by atoms with Gasteiger partial charge in [-0.25, -0.2) is 0 Å². The van der Waals surface area contributed by atoms with E-state index in [0.717, 1.165) is 51.6 Å². The van der Waals surface area contributed by atoms with Gasteiger partial charge in [0.1, 0.15) is 5.69 Å². The Balaban J connectivity index is 1.48. The van der Waals surface area contributed by atoms with Gasteiger partial charge < -0.3 is 14.8 Å². The zero-order chi connectivity index (χ0) is 22.5. The largest absolute Gasteiger partial charge is 0.493 e. The van der Waals surface area contributed by atoms with Crippen LogP contribution in [-0.2, 0) is 20.1 Å². The molecule has 32 heavy (non-hydrogen) atoms. The second-order valence-corrected chi connectivity index (χ2v) is 7.71. The van der Waals surface area contributed by atoms with Gasteiger partial charge in [-0.3, -0.25) is 9.67 Å². The fourth-order valence-electron chi connectivity index (χ4n) is 3.89. The lowest BCUT2D eigenvalue weighted by Gasteiger charge is -2.13. The number of nitrogens with zero attached hydrogens (tertiary/aromatic N) is 3. The highest BCUT2D eigenvalue weighted by Gasteiger charge is 2.14. The van der Waals surface area contributed by atoms with Crippen molar-refractivity contribution in [2.45, 2.75) is 20.0 Å². The number of ether oxygens (including phenoxy) is 2. The van der Waals surface area contributed by atoms with Gasteiger partial charge in [-0.1, -0.05) is 36.4 Å². The summed E-state index contributed by atoms with van der Waals surface area (Å²) in [6.07, 6.45) is 5.78. The number of rotatable bonds is 8. The van der Waals surface area contributed by atoms with Crippen molar-refractivity contribution in [2.24, 2.45) is 7.05 Å². The molecule has 2 heterocycles. The normalized spacial score (nSPS) is 10.9. The Hall–Kier alpha value is -3.64. The van der Waals surface area contributed by atoms with E-state index in [9.17, 15) is 0 Å². The van der Waals surface area contributed by atoms with Crippen molar-refractivity contribution >= 4 is 0 Å². The molecule has 0 saturated heterocycles. The maximum atomic E-state index is 5.52. The molecule has 0 bridgehead atoms. The summed E-state index contributed by atoms with van der Waals surface area (Å²) in [6, 6.07) is 16.5. The third kappa shape index (κ3) is 4.50. The first-order valence-electron chi connectivity index (χ1n) is 10.5. The van der Waals surface area contributed by atoms with Crippen molar-refractivity contribution in [3.8, 4) is 33.9 Å². The van der Waals surface area contributed by atoms with Crippen LogP contribution in [0.2, 0.25) is 0 Å². The third-order valence-electron chi connectivity index (χ3n) is 5.50. The Morgan fingerprint density at radius 2 is 1.75 bits per heavy atom. The summed E-state index contributed by atoms with van der Waals surface area (Å²) in [4.78, 5) is 4.21. The molecule has 4 rings (SSSR count). The van der Waals surface area contributed by atoms with Crippen LogP contribution in [0.25, 0.3) is 22.4 Å². The lowest BCUT2D eigenvalue weighted by atomic mass is 9.99. The predicted molar refractivity (Wildman–Crippen MR) is 127 cm³/mol. The molecule has 0 amide bonds. The van der Waals surface area contributed by atoms with Crippen molar-refractivity contribution in [3.05, 3.63) is 83.8 Å². The van der Waals surface area contributed by atoms with Gasteiger partial charge in [0, 0.05) is 55.4 Å². The number of hydrogen-bond donors (Lipinski definition) is 1. The van der Waals surface area contributed by atoms with E-state index in [1.165, 1.54) is 5.56 Å². The van der Waals surface area contributed by atoms with Crippen LogP contribution < -0.4 is 14.8 Å². The Morgan fingerprint density at radius 3 is 2.47 bits per heavy atom. The molecule has 0 spiro atoms. The quantitative estimate of drug-likeness (QED) is 0.438. The van der Waals surface area contributed by atoms with Gasteiger partial charge in [0.2, 0.25) is 0 Å². The van der Waals surface area contributed by atoms with Gasteiger partial charge in [0.05, 0.1) is 14.2 Å². The summed E-state index contributed by atoms with van der Waals surface area (Å²) in [6.45, 7) is 3.51. The number of methoxy groups -OCH3 is 2. The molecule has 2 aromatic carbocycles. The molecule has 0 atom stereocenters. The number of hydrogen-bond acceptors (Lipinski definition) is 5. The zero-order valence-corrected chi connectivity index (χ0v) is 18.9. The minimum Gasteiger partial charge on any atom is -0.493 e. The summed E-state index contributed by atoms with van der Waals surface area (Å²) in [5.74, 6) is 1.51. The van der Waals surface area contributed by atoms with Crippen LogP contribution in [0.15, 0.2) is 67.1 Å². The molecule has 0 unspecified atom stereocenters. The van der Waals surface area contributed by atoms with Gasteiger partial charge in [-0.2, -0.15) is 5.10 Å². The first kappa shape index (κ1) is 21.6. The van der Waals surface area contributed by atoms with Crippen LogP contribution in [0.3, 0.4) is 0 Å². The highest BCUT2D eigenvalue weighted by molar-refractivity contribution is 5.81. The van der Waals surface area contributed by atoms with E-state index >= 15 is 0 Å². The molecular weight excluding hydrogens is 400 g/mol. The zero-order valence-electron chi connectivity index (χ0n) is 18.9. The predicted octanol–water partition coefficient (Wildman–Crippen LogP) is 4.76. The molecular formula is C26H28N4O2. The van der Waals surface area contributed by atoms with Crippen molar-refractivity contribution in [3.63, 3.8) is 0 Å². The number of pyridine rings is 1. The maximum absolute atomic E-state index is 5.52. The Bertz CT molecular complexity index is 1200. The van der Waals surface area contributed by atoms with Crippen molar-refractivity contribution < 1.29 is 9.47 Å². The van der Waals surface area contributed by atoms with Crippen LogP contribution in [0.1, 0.15) is 16.7 Å².